The molecule has 106 valence electrons. The van der Waals surface area contributed by atoms with E-state index in [1.54, 1.807) is 7.11 Å². The first-order valence-corrected chi connectivity index (χ1v) is 7.03. The Morgan fingerprint density at radius 3 is 2.14 bits per heavy atom. The lowest BCUT2D eigenvalue weighted by molar-refractivity contribution is 0.135. The first kappa shape index (κ1) is 13.7. The summed E-state index contributed by atoms with van der Waals surface area (Å²) in [4.78, 5) is 0. The minimum atomic E-state index is -0.104. The van der Waals surface area contributed by atoms with Gasteiger partial charge in [0, 0.05) is 18.2 Å². The molecule has 2 aromatic carbocycles. The number of benzene rings is 2. The van der Waals surface area contributed by atoms with Crippen LogP contribution in [-0.2, 0) is 4.74 Å². The van der Waals surface area contributed by atoms with E-state index in [0.29, 0.717) is 0 Å². The molecule has 0 fully saturated rings. The standard InChI is InChI=1S/C19H18O2/c1-14-17(19(20-2)16-11-7-4-8-12-16)13-18(21-14)15-9-5-3-6-10-15/h3-13,19H,1-2H3. The molecule has 0 aliphatic carbocycles. The Morgan fingerprint density at radius 1 is 0.905 bits per heavy atom. The largest absolute Gasteiger partial charge is 0.461 e. The number of methoxy groups -OCH3 is 1. The zero-order chi connectivity index (χ0) is 14.7. The fourth-order valence-electron chi connectivity index (χ4n) is 2.57. The summed E-state index contributed by atoms with van der Waals surface area (Å²) >= 11 is 0. The summed E-state index contributed by atoms with van der Waals surface area (Å²) in [5, 5.41) is 0. The monoisotopic (exact) mass is 278 g/mol. The van der Waals surface area contributed by atoms with E-state index in [2.05, 4.69) is 18.2 Å². The Morgan fingerprint density at radius 2 is 1.52 bits per heavy atom. The van der Waals surface area contributed by atoms with Gasteiger partial charge < -0.3 is 9.15 Å². The third kappa shape index (κ3) is 2.76. The third-order valence-corrected chi connectivity index (χ3v) is 3.63. The van der Waals surface area contributed by atoms with Gasteiger partial charge in [-0.2, -0.15) is 0 Å². The van der Waals surface area contributed by atoms with E-state index in [1.807, 2.05) is 55.5 Å². The molecule has 0 N–H and O–H groups in total. The van der Waals surface area contributed by atoms with E-state index >= 15 is 0 Å². The maximum atomic E-state index is 5.92. The second kappa shape index (κ2) is 5.98. The molecule has 3 rings (SSSR count). The molecule has 0 aliphatic rings. The van der Waals surface area contributed by atoms with E-state index in [9.17, 15) is 0 Å². The fraction of sp³-hybridized carbons (Fsp3) is 0.158. The highest BCUT2D eigenvalue weighted by Gasteiger charge is 2.19. The Bertz CT molecular complexity index is 699. The molecule has 0 aliphatic heterocycles. The molecule has 0 amide bonds. The van der Waals surface area contributed by atoms with Crippen molar-refractivity contribution in [2.75, 3.05) is 7.11 Å². The first-order valence-electron chi connectivity index (χ1n) is 7.03. The molecule has 0 saturated heterocycles. The number of ether oxygens (including phenoxy) is 1. The van der Waals surface area contributed by atoms with Crippen molar-refractivity contribution in [2.45, 2.75) is 13.0 Å². The van der Waals surface area contributed by atoms with Gasteiger partial charge in [-0.1, -0.05) is 60.7 Å². The summed E-state index contributed by atoms with van der Waals surface area (Å²) < 4.78 is 11.6. The lowest BCUT2D eigenvalue weighted by Gasteiger charge is -2.14. The molecule has 1 heterocycles. The first-order chi connectivity index (χ1) is 10.3. The zero-order valence-electron chi connectivity index (χ0n) is 12.2. The number of furan rings is 1. The Kier molecular flexibility index (Phi) is 3.89. The molecule has 1 atom stereocenters. The minimum absolute atomic E-state index is 0.104. The summed E-state index contributed by atoms with van der Waals surface area (Å²) in [6.45, 7) is 1.98. The average Bonchev–Trinajstić information content (AvgIpc) is 2.92. The molecule has 1 aromatic heterocycles. The van der Waals surface area contributed by atoms with Gasteiger partial charge in [-0.3, -0.25) is 0 Å². The molecule has 0 bridgehead atoms. The third-order valence-electron chi connectivity index (χ3n) is 3.63. The second-order valence-electron chi connectivity index (χ2n) is 5.01. The van der Waals surface area contributed by atoms with Crippen LogP contribution in [0, 0.1) is 6.92 Å². The van der Waals surface area contributed by atoms with Crippen molar-refractivity contribution in [3.05, 3.63) is 83.6 Å². The van der Waals surface area contributed by atoms with Crippen LogP contribution in [-0.4, -0.2) is 7.11 Å². The highest BCUT2D eigenvalue weighted by atomic mass is 16.5. The Balaban J connectivity index is 2.01. The van der Waals surface area contributed by atoms with Crippen molar-refractivity contribution in [3.63, 3.8) is 0 Å². The van der Waals surface area contributed by atoms with Gasteiger partial charge in [0.05, 0.1) is 0 Å². The van der Waals surface area contributed by atoms with Crippen LogP contribution >= 0.6 is 0 Å². The van der Waals surface area contributed by atoms with Crippen molar-refractivity contribution in [2.24, 2.45) is 0 Å². The Labute approximate surface area is 125 Å². The van der Waals surface area contributed by atoms with E-state index < -0.39 is 0 Å². The summed E-state index contributed by atoms with van der Waals surface area (Å²) in [5.74, 6) is 1.77. The molecular formula is C19H18O2. The highest BCUT2D eigenvalue weighted by molar-refractivity contribution is 5.59. The molecule has 3 aromatic rings. The van der Waals surface area contributed by atoms with Gasteiger partial charge >= 0.3 is 0 Å². The van der Waals surface area contributed by atoms with Crippen molar-refractivity contribution in [1.29, 1.82) is 0 Å². The van der Waals surface area contributed by atoms with E-state index in [1.165, 1.54) is 0 Å². The van der Waals surface area contributed by atoms with Crippen LogP contribution in [0.25, 0.3) is 11.3 Å². The molecule has 1 unspecified atom stereocenters. The van der Waals surface area contributed by atoms with Gasteiger partial charge in [-0.05, 0) is 18.6 Å². The van der Waals surface area contributed by atoms with Gasteiger partial charge in [-0.25, -0.2) is 0 Å². The number of hydrogen-bond donors (Lipinski definition) is 0. The van der Waals surface area contributed by atoms with Crippen LogP contribution in [0.5, 0.6) is 0 Å². The fourth-order valence-corrected chi connectivity index (χ4v) is 2.57. The summed E-state index contributed by atoms with van der Waals surface area (Å²) in [6.07, 6.45) is -0.104. The Hall–Kier alpha value is -2.32. The predicted molar refractivity (Wildman–Crippen MR) is 84.2 cm³/mol. The second-order valence-corrected chi connectivity index (χ2v) is 5.01. The predicted octanol–water partition coefficient (Wildman–Crippen LogP) is 4.99. The molecule has 21 heavy (non-hydrogen) atoms. The van der Waals surface area contributed by atoms with Crippen LogP contribution < -0.4 is 0 Å². The van der Waals surface area contributed by atoms with E-state index in [0.717, 1.165) is 28.2 Å². The van der Waals surface area contributed by atoms with Gasteiger partial charge in [0.25, 0.3) is 0 Å². The molecule has 0 saturated carbocycles. The average molecular weight is 278 g/mol. The van der Waals surface area contributed by atoms with Gasteiger partial charge in [-0.15, -0.1) is 0 Å². The smallest absolute Gasteiger partial charge is 0.134 e. The van der Waals surface area contributed by atoms with Crippen molar-refractivity contribution in [1.82, 2.24) is 0 Å². The topological polar surface area (TPSA) is 22.4 Å². The van der Waals surface area contributed by atoms with E-state index in [-0.39, 0.29) is 6.10 Å². The van der Waals surface area contributed by atoms with Crippen molar-refractivity contribution >= 4 is 0 Å². The maximum Gasteiger partial charge on any atom is 0.134 e. The van der Waals surface area contributed by atoms with Crippen molar-refractivity contribution in [3.8, 4) is 11.3 Å². The van der Waals surface area contributed by atoms with Gasteiger partial charge in [0.15, 0.2) is 0 Å². The maximum absolute atomic E-state index is 5.92. The minimum Gasteiger partial charge on any atom is -0.461 e. The normalized spacial score (nSPS) is 12.3. The number of aryl methyl sites for hydroxylation is 1. The molecular weight excluding hydrogens is 260 g/mol. The van der Waals surface area contributed by atoms with Gasteiger partial charge in [0.1, 0.15) is 17.6 Å². The van der Waals surface area contributed by atoms with Crippen molar-refractivity contribution < 1.29 is 9.15 Å². The summed E-state index contributed by atoms with van der Waals surface area (Å²) in [7, 11) is 1.73. The van der Waals surface area contributed by atoms with Gasteiger partial charge in [0.2, 0.25) is 0 Å². The van der Waals surface area contributed by atoms with Crippen LogP contribution in [0.2, 0.25) is 0 Å². The quantitative estimate of drug-likeness (QED) is 0.670. The summed E-state index contributed by atoms with van der Waals surface area (Å²) in [6, 6.07) is 22.4. The number of hydrogen-bond acceptors (Lipinski definition) is 2. The van der Waals surface area contributed by atoms with Crippen LogP contribution in [0.15, 0.2) is 71.1 Å². The number of rotatable bonds is 4. The molecule has 0 spiro atoms. The lowest BCUT2D eigenvalue weighted by atomic mass is 10.0. The molecule has 2 heteroatoms. The van der Waals surface area contributed by atoms with Crippen LogP contribution in [0.4, 0.5) is 0 Å². The summed E-state index contributed by atoms with van der Waals surface area (Å²) in [5.41, 5.74) is 3.28. The van der Waals surface area contributed by atoms with Crippen LogP contribution in [0.1, 0.15) is 23.0 Å². The zero-order valence-corrected chi connectivity index (χ0v) is 12.2. The SMILES string of the molecule is COC(c1ccccc1)c1cc(-c2ccccc2)oc1C. The molecule has 2 nitrogen and oxygen atoms in total. The molecule has 0 radical (unpaired) electrons. The lowest BCUT2D eigenvalue weighted by Crippen LogP contribution is -2.03. The van der Waals surface area contributed by atoms with E-state index in [4.69, 9.17) is 9.15 Å². The van der Waals surface area contributed by atoms with Crippen LogP contribution in [0.3, 0.4) is 0 Å². The highest BCUT2D eigenvalue weighted by Crippen LogP contribution is 2.33.